The number of hydrogen-bond donors (Lipinski definition) is 1. The molecule has 16 heavy (non-hydrogen) atoms. The standard InChI is InChI=1S/C12H18N4/c1-4-9(5-2)11-14-15-12-10(13)7-6-8(3)16(11)12/h6-7,9H,4-5,13H2,1-3H3. The Labute approximate surface area is 95.5 Å². The van der Waals surface area contributed by atoms with E-state index in [1.54, 1.807) is 0 Å². The molecular weight excluding hydrogens is 200 g/mol. The fourth-order valence-electron chi connectivity index (χ4n) is 2.11. The third kappa shape index (κ3) is 1.54. The van der Waals surface area contributed by atoms with Crippen molar-refractivity contribution in [2.75, 3.05) is 5.73 Å². The number of pyridine rings is 1. The van der Waals surface area contributed by atoms with Crippen LogP contribution >= 0.6 is 0 Å². The predicted molar refractivity (Wildman–Crippen MR) is 65.5 cm³/mol. The van der Waals surface area contributed by atoms with Gasteiger partial charge in [0.25, 0.3) is 0 Å². The van der Waals surface area contributed by atoms with Crippen molar-refractivity contribution in [2.24, 2.45) is 0 Å². The van der Waals surface area contributed by atoms with Gasteiger partial charge in [0, 0.05) is 11.6 Å². The minimum Gasteiger partial charge on any atom is -0.396 e. The summed E-state index contributed by atoms with van der Waals surface area (Å²) in [5.41, 5.74) is 8.50. The van der Waals surface area contributed by atoms with E-state index >= 15 is 0 Å². The highest BCUT2D eigenvalue weighted by molar-refractivity contribution is 5.64. The first-order chi connectivity index (χ1) is 7.69. The van der Waals surface area contributed by atoms with Crippen molar-refractivity contribution >= 4 is 11.3 Å². The van der Waals surface area contributed by atoms with Crippen LogP contribution in [-0.2, 0) is 0 Å². The van der Waals surface area contributed by atoms with Gasteiger partial charge < -0.3 is 5.73 Å². The number of fused-ring (bicyclic) bond motifs is 1. The Morgan fingerprint density at radius 2 is 1.94 bits per heavy atom. The molecule has 2 aromatic rings. The first-order valence-corrected chi connectivity index (χ1v) is 5.79. The van der Waals surface area contributed by atoms with Crippen LogP contribution < -0.4 is 5.73 Å². The van der Waals surface area contributed by atoms with Crippen LogP contribution in [0.4, 0.5) is 5.69 Å². The van der Waals surface area contributed by atoms with E-state index < -0.39 is 0 Å². The van der Waals surface area contributed by atoms with Gasteiger partial charge >= 0.3 is 0 Å². The van der Waals surface area contributed by atoms with Gasteiger partial charge in [0.2, 0.25) is 0 Å². The average Bonchev–Trinajstić information content (AvgIpc) is 2.72. The molecule has 0 aliphatic heterocycles. The highest BCUT2D eigenvalue weighted by Crippen LogP contribution is 2.24. The number of aromatic nitrogens is 3. The summed E-state index contributed by atoms with van der Waals surface area (Å²) in [6.07, 6.45) is 2.15. The molecule has 0 atom stereocenters. The molecule has 4 heteroatoms. The van der Waals surface area contributed by atoms with Crippen molar-refractivity contribution in [1.29, 1.82) is 0 Å². The average molecular weight is 218 g/mol. The van der Waals surface area contributed by atoms with Gasteiger partial charge in [-0.1, -0.05) is 13.8 Å². The van der Waals surface area contributed by atoms with E-state index in [9.17, 15) is 0 Å². The molecule has 2 aromatic heterocycles. The molecule has 0 fully saturated rings. The number of hydrogen-bond acceptors (Lipinski definition) is 3. The zero-order valence-electron chi connectivity index (χ0n) is 10.1. The monoisotopic (exact) mass is 218 g/mol. The van der Waals surface area contributed by atoms with Crippen LogP contribution in [0.15, 0.2) is 12.1 Å². The largest absolute Gasteiger partial charge is 0.396 e. The zero-order chi connectivity index (χ0) is 11.7. The zero-order valence-corrected chi connectivity index (χ0v) is 10.1. The van der Waals surface area contributed by atoms with Crippen molar-refractivity contribution in [3.05, 3.63) is 23.7 Å². The van der Waals surface area contributed by atoms with Crippen molar-refractivity contribution < 1.29 is 0 Å². The van der Waals surface area contributed by atoms with Crippen molar-refractivity contribution in [2.45, 2.75) is 39.5 Å². The summed E-state index contributed by atoms with van der Waals surface area (Å²) in [6.45, 7) is 6.41. The van der Waals surface area contributed by atoms with Gasteiger partial charge in [-0.2, -0.15) is 0 Å². The van der Waals surface area contributed by atoms with E-state index in [1.807, 2.05) is 12.1 Å². The molecule has 0 aliphatic rings. The molecule has 0 saturated carbocycles. The molecule has 0 amide bonds. The summed E-state index contributed by atoms with van der Waals surface area (Å²) in [6, 6.07) is 3.90. The maximum absolute atomic E-state index is 5.90. The Balaban J connectivity index is 2.68. The van der Waals surface area contributed by atoms with Gasteiger partial charge in [0.1, 0.15) is 5.82 Å². The lowest BCUT2D eigenvalue weighted by atomic mass is 10.0. The molecule has 2 heterocycles. The van der Waals surface area contributed by atoms with Gasteiger partial charge in [0.05, 0.1) is 5.69 Å². The lowest BCUT2D eigenvalue weighted by molar-refractivity contribution is 0.593. The Kier molecular flexibility index (Phi) is 2.81. The summed E-state index contributed by atoms with van der Waals surface area (Å²) in [5, 5.41) is 8.48. The molecule has 86 valence electrons. The van der Waals surface area contributed by atoms with Crippen LogP contribution in [0.5, 0.6) is 0 Å². The van der Waals surface area contributed by atoms with Crippen LogP contribution in [0.1, 0.15) is 44.1 Å². The second-order valence-corrected chi connectivity index (χ2v) is 4.16. The highest BCUT2D eigenvalue weighted by Gasteiger charge is 2.16. The number of rotatable bonds is 3. The molecule has 0 aliphatic carbocycles. The number of nitrogen functional groups attached to an aromatic ring is 1. The van der Waals surface area contributed by atoms with E-state index in [0.29, 0.717) is 11.6 Å². The Hall–Kier alpha value is -1.58. The van der Waals surface area contributed by atoms with E-state index in [1.165, 1.54) is 0 Å². The lowest BCUT2D eigenvalue weighted by Gasteiger charge is -2.12. The molecule has 2 N–H and O–H groups in total. The van der Waals surface area contributed by atoms with Crippen LogP contribution in [0.2, 0.25) is 0 Å². The van der Waals surface area contributed by atoms with Crippen molar-refractivity contribution in [1.82, 2.24) is 14.6 Å². The molecule has 0 aromatic carbocycles. The fourth-order valence-corrected chi connectivity index (χ4v) is 2.11. The lowest BCUT2D eigenvalue weighted by Crippen LogP contribution is -2.05. The molecule has 0 radical (unpaired) electrons. The number of nitrogens with two attached hydrogens (primary N) is 1. The van der Waals surface area contributed by atoms with Gasteiger partial charge in [-0.3, -0.25) is 4.40 Å². The smallest absolute Gasteiger partial charge is 0.184 e. The van der Waals surface area contributed by atoms with Gasteiger partial charge in [-0.25, -0.2) is 0 Å². The van der Waals surface area contributed by atoms with E-state index in [-0.39, 0.29) is 0 Å². The van der Waals surface area contributed by atoms with Crippen LogP contribution in [-0.4, -0.2) is 14.6 Å². The summed E-state index contributed by atoms with van der Waals surface area (Å²) in [5.74, 6) is 1.49. The van der Waals surface area contributed by atoms with E-state index in [4.69, 9.17) is 5.73 Å². The van der Waals surface area contributed by atoms with Crippen LogP contribution in [0, 0.1) is 6.92 Å². The van der Waals surface area contributed by atoms with Crippen molar-refractivity contribution in [3.63, 3.8) is 0 Å². The van der Waals surface area contributed by atoms with Gasteiger partial charge in [-0.15, -0.1) is 10.2 Å². The SMILES string of the molecule is CCC(CC)c1nnc2c(N)ccc(C)n12. The topological polar surface area (TPSA) is 56.2 Å². The number of aryl methyl sites for hydroxylation is 1. The Morgan fingerprint density at radius 1 is 1.25 bits per heavy atom. The van der Waals surface area contributed by atoms with Crippen LogP contribution in [0.25, 0.3) is 5.65 Å². The third-order valence-electron chi connectivity index (χ3n) is 3.15. The molecule has 0 unspecified atom stereocenters. The first kappa shape index (κ1) is 10.9. The van der Waals surface area contributed by atoms with Gasteiger partial charge in [0.15, 0.2) is 5.65 Å². The fraction of sp³-hybridized carbons (Fsp3) is 0.500. The Bertz CT molecular complexity index is 497. The van der Waals surface area contributed by atoms with Gasteiger partial charge in [-0.05, 0) is 31.9 Å². The molecule has 2 rings (SSSR count). The quantitative estimate of drug-likeness (QED) is 0.861. The summed E-state index contributed by atoms with van der Waals surface area (Å²) >= 11 is 0. The normalized spacial score (nSPS) is 11.5. The molecule has 0 spiro atoms. The molecule has 0 bridgehead atoms. The summed E-state index contributed by atoms with van der Waals surface area (Å²) < 4.78 is 2.08. The Morgan fingerprint density at radius 3 is 2.56 bits per heavy atom. The molecular formula is C12H18N4. The van der Waals surface area contributed by atoms with Crippen LogP contribution in [0.3, 0.4) is 0 Å². The molecule has 4 nitrogen and oxygen atoms in total. The first-order valence-electron chi connectivity index (χ1n) is 5.79. The number of anilines is 1. The van der Waals surface area contributed by atoms with E-state index in [2.05, 4.69) is 35.4 Å². The summed E-state index contributed by atoms with van der Waals surface area (Å²) in [4.78, 5) is 0. The number of nitrogens with zero attached hydrogens (tertiary/aromatic N) is 3. The molecule has 0 saturated heterocycles. The second kappa shape index (κ2) is 4.12. The predicted octanol–water partition coefficient (Wildman–Crippen LogP) is 2.52. The highest BCUT2D eigenvalue weighted by atomic mass is 15.3. The second-order valence-electron chi connectivity index (χ2n) is 4.16. The van der Waals surface area contributed by atoms with Crippen molar-refractivity contribution in [3.8, 4) is 0 Å². The minimum absolute atomic E-state index is 0.454. The maximum atomic E-state index is 5.90. The maximum Gasteiger partial charge on any atom is 0.184 e. The minimum atomic E-state index is 0.454. The third-order valence-corrected chi connectivity index (χ3v) is 3.15. The van der Waals surface area contributed by atoms with E-state index in [0.717, 1.165) is 30.0 Å². The summed E-state index contributed by atoms with van der Waals surface area (Å²) in [7, 11) is 0.